The molecule has 2 rings (SSSR count). The minimum Gasteiger partial charge on any atom is -0.460 e. The van der Waals surface area contributed by atoms with E-state index in [1.165, 1.54) is 0 Å². The average molecular weight is 559 g/mol. The number of nitrogens with one attached hydrogen (secondary N) is 4. The van der Waals surface area contributed by atoms with Gasteiger partial charge in [0.25, 0.3) is 0 Å². The molecule has 0 saturated carbocycles. The second kappa shape index (κ2) is 16.0. The van der Waals surface area contributed by atoms with E-state index < -0.39 is 24.0 Å². The fraction of sp³-hybridized carbons (Fsp3) is 0.231. The molecule has 2 aromatic rings. The van der Waals surface area contributed by atoms with Crippen molar-refractivity contribution in [1.29, 1.82) is 0 Å². The highest BCUT2D eigenvalue weighted by molar-refractivity contribution is 8.76. The maximum atomic E-state index is 12.0. The molecule has 202 valence electrons. The zero-order valence-corrected chi connectivity index (χ0v) is 22.8. The van der Waals surface area contributed by atoms with Gasteiger partial charge in [-0.2, -0.15) is 0 Å². The highest BCUT2D eigenvalue weighted by Gasteiger charge is 2.07. The van der Waals surface area contributed by atoms with E-state index in [2.05, 4.69) is 34.4 Å². The summed E-state index contributed by atoms with van der Waals surface area (Å²) in [6.45, 7) is 10.6. The Morgan fingerprint density at radius 1 is 0.658 bits per heavy atom. The molecule has 0 heterocycles. The molecule has 4 amide bonds. The lowest BCUT2D eigenvalue weighted by Gasteiger charge is -2.09. The van der Waals surface area contributed by atoms with Crippen molar-refractivity contribution in [3.05, 3.63) is 72.8 Å². The number of amides is 4. The quantitative estimate of drug-likeness (QED) is 0.117. The Hall–Kier alpha value is -3.90. The lowest BCUT2D eigenvalue weighted by Crippen LogP contribution is -2.32. The van der Waals surface area contributed by atoms with Gasteiger partial charge in [0.2, 0.25) is 0 Å². The zero-order chi connectivity index (χ0) is 27.9. The Morgan fingerprint density at radius 3 is 1.32 bits per heavy atom. The summed E-state index contributed by atoms with van der Waals surface area (Å²) in [5, 5.41) is 10.6. The maximum Gasteiger partial charge on any atom is 0.333 e. The molecular formula is C26H30N4O6S2. The van der Waals surface area contributed by atoms with Gasteiger partial charge in [-0.25, -0.2) is 19.2 Å². The van der Waals surface area contributed by atoms with Gasteiger partial charge in [-0.05, 0) is 62.4 Å². The number of anilines is 2. The van der Waals surface area contributed by atoms with Crippen molar-refractivity contribution in [2.24, 2.45) is 0 Å². The molecular weight excluding hydrogens is 528 g/mol. The molecule has 4 N–H and O–H groups in total. The van der Waals surface area contributed by atoms with E-state index in [1.807, 2.05) is 24.3 Å². The predicted molar refractivity (Wildman–Crippen MR) is 150 cm³/mol. The Balaban J connectivity index is 1.67. The van der Waals surface area contributed by atoms with Crippen LogP contribution in [0.15, 0.2) is 82.6 Å². The number of benzene rings is 2. The van der Waals surface area contributed by atoms with E-state index in [0.717, 1.165) is 9.79 Å². The number of hydrogen-bond acceptors (Lipinski definition) is 8. The third kappa shape index (κ3) is 11.9. The van der Waals surface area contributed by atoms with Gasteiger partial charge in [0.05, 0.1) is 13.1 Å². The van der Waals surface area contributed by atoms with Crippen LogP contribution in [0.5, 0.6) is 0 Å². The Labute approximate surface area is 229 Å². The third-order valence-corrected chi connectivity index (χ3v) is 6.81. The largest absolute Gasteiger partial charge is 0.460 e. The van der Waals surface area contributed by atoms with E-state index in [1.54, 1.807) is 59.7 Å². The normalized spacial score (nSPS) is 10.1. The second-order valence-corrected chi connectivity index (χ2v) is 10.1. The third-order valence-electron chi connectivity index (χ3n) is 4.40. The van der Waals surface area contributed by atoms with Gasteiger partial charge < -0.3 is 30.7 Å². The van der Waals surface area contributed by atoms with Crippen LogP contribution < -0.4 is 21.3 Å². The summed E-state index contributed by atoms with van der Waals surface area (Å²) in [4.78, 5) is 48.5. The first-order valence-electron chi connectivity index (χ1n) is 11.4. The first-order chi connectivity index (χ1) is 18.1. The van der Waals surface area contributed by atoms with Crippen LogP contribution in [-0.4, -0.2) is 50.3 Å². The van der Waals surface area contributed by atoms with Crippen LogP contribution in [0.4, 0.5) is 21.0 Å². The van der Waals surface area contributed by atoms with E-state index in [0.29, 0.717) is 22.5 Å². The van der Waals surface area contributed by atoms with Crippen LogP contribution >= 0.6 is 21.6 Å². The number of ether oxygens (including phenoxy) is 2. The van der Waals surface area contributed by atoms with Crippen molar-refractivity contribution in [3.63, 3.8) is 0 Å². The monoisotopic (exact) mass is 558 g/mol. The number of rotatable bonds is 13. The van der Waals surface area contributed by atoms with Crippen LogP contribution in [0, 0.1) is 0 Å². The van der Waals surface area contributed by atoms with Crippen LogP contribution in [-0.2, 0) is 19.1 Å². The lowest BCUT2D eigenvalue weighted by molar-refractivity contribution is -0.139. The van der Waals surface area contributed by atoms with Gasteiger partial charge in [-0.1, -0.05) is 34.7 Å². The highest BCUT2D eigenvalue weighted by Crippen LogP contribution is 2.38. The van der Waals surface area contributed by atoms with Gasteiger partial charge >= 0.3 is 24.0 Å². The molecule has 0 aliphatic heterocycles. The fourth-order valence-electron chi connectivity index (χ4n) is 2.50. The van der Waals surface area contributed by atoms with E-state index in [4.69, 9.17) is 9.47 Å². The molecule has 0 fully saturated rings. The first kappa shape index (κ1) is 30.3. The van der Waals surface area contributed by atoms with E-state index >= 15 is 0 Å². The number of esters is 2. The van der Waals surface area contributed by atoms with Crippen molar-refractivity contribution in [3.8, 4) is 0 Å². The Bertz CT molecular complexity index is 1060. The summed E-state index contributed by atoms with van der Waals surface area (Å²) < 4.78 is 9.83. The number of carbonyl (C=O) groups excluding carboxylic acids is 4. The molecule has 0 unspecified atom stereocenters. The van der Waals surface area contributed by atoms with Crippen molar-refractivity contribution < 1.29 is 28.7 Å². The topological polar surface area (TPSA) is 135 Å². The first-order valence-corrected chi connectivity index (χ1v) is 13.6. The summed E-state index contributed by atoms with van der Waals surface area (Å²) >= 11 is 0. The number of hydrogen-bond donors (Lipinski definition) is 4. The summed E-state index contributed by atoms with van der Waals surface area (Å²) in [7, 11) is 3.09. The summed E-state index contributed by atoms with van der Waals surface area (Å²) in [6.07, 6.45) is 0. The SMILES string of the molecule is C=C(C)C(=O)OCCNC(=O)Nc1ccc(SSc2ccc(NC(=O)NCCOC(=O)C(=C)C)cc2)cc1. The van der Waals surface area contributed by atoms with Crippen LogP contribution in [0.3, 0.4) is 0 Å². The van der Waals surface area contributed by atoms with Gasteiger partial charge in [0.1, 0.15) is 13.2 Å². The van der Waals surface area contributed by atoms with Gasteiger partial charge in [0.15, 0.2) is 0 Å². The van der Waals surface area contributed by atoms with Crippen LogP contribution in [0.1, 0.15) is 13.8 Å². The predicted octanol–water partition coefficient (Wildman–Crippen LogP) is 4.97. The van der Waals surface area contributed by atoms with Crippen molar-refractivity contribution in [2.45, 2.75) is 23.6 Å². The fourth-order valence-corrected chi connectivity index (χ4v) is 4.43. The molecule has 12 heteroatoms. The van der Waals surface area contributed by atoms with E-state index in [9.17, 15) is 19.2 Å². The second-order valence-electron chi connectivity index (χ2n) is 7.81. The molecule has 10 nitrogen and oxygen atoms in total. The zero-order valence-electron chi connectivity index (χ0n) is 21.1. The molecule has 0 aliphatic carbocycles. The van der Waals surface area contributed by atoms with Crippen molar-refractivity contribution >= 4 is 57.0 Å². The molecule has 0 aliphatic rings. The summed E-state index contributed by atoms with van der Waals surface area (Å²) in [6, 6.07) is 13.9. The molecule has 0 bridgehead atoms. The number of urea groups is 2. The average Bonchev–Trinajstić information content (AvgIpc) is 2.89. The smallest absolute Gasteiger partial charge is 0.333 e. The van der Waals surface area contributed by atoms with Gasteiger partial charge in [-0.3, -0.25) is 0 Å². The molecule has 38 heavy (non-hydrogen) atoms. The van der Waals surface area contributed by atoms with Crippen molar-refractivity contribution in [2.75, 3.05) is 36.9 Å². The standard InChI is InChI=1S/C26H30N4O6S2/c1-17(2)23(31)35-15-13-27-25(33)29-19-5-9-21(10-6-19)37-38-22-11-7-20(8-12-22)30-26(34)28-14-16-36-24(32)18(3)4/h5-12H,1,3,13-16H2,2,4H3,(H2,27,29,33)(H2,28,30,34). The maximum absolute atomic E-state index is 12.0. The molecule has 2 aromatic carbocycles. The lowest BCUT2D eigenvalue weighted by atomic mass is 10.3. The minimum atomic E-state index is -0.495. The molecule has 0 radical (unpaired) electrons. The van der Waals surface area contributed by atoms with Gasteiger partial charge in [-0.15, -0.1) is 0 Å². The Morgan fingerprint density at radius 2 is 1.00 bits per heavy atom. The molecule has 0 atom stereocenters. The van der Waals surface area contributed by atoms with Gasteiger partial charge in [0, 0.05) is 32.3 Å². The Kier molecular flexibility index (Phi) is 12.8. The molecule has 0 saturated heterocycles. The molecule has 0 spiro atoms. The minimum absolute atomic E-state index is 0.0605. The summed E-state index contributed by atoms with van der Waals surface area (Å²) in [5.41, 5.74) is 1.85. The number of carbonyl (C=O) groups is 4. The van der Waals surface area contributed by atoms with Crippen LogP contribution in [0.25, 0.3) is 0 Å². The van der Waals surface area contributed by atoms with Crippen LogP contribution in [0.2, 0.25) is 0 Å². The summed E-state index contributed by atoms with van der Waals surface area (Å²) in [5.74, 6) is -0.990. The van der Waals surface area contributed by atoms with E-state index in [-0.39, 0.29) is 26.3 Å². The van der Waals surface area contributed by atoms with Crippen molar-refractivity contribution in [1.82, 2.24) is 10.6 Å². The molecule has 0 aromatic heterocycles. The highest BCUT2D eigenvalue weighted by atomic mass is 33.1.